The molecule has 0 radical (unpaired) electrons. The van der Waals surface area contributed by atoms with E-state index >= 15 is 0 Å². The Hall–Kier alpha value is -0.650. The fraction of sp³-hybridized carbons (Fsp3) is 0.364. The number of hydrogen-bond donors (Lipinski definition) is 1. The Morgan fingerprint density at radius 3 is 2.81 bits per heavy atom. The standard InChI is InChI=1S/C11H13BrN2OS/c1-7-8(2)15-11(14-7)6-13-5-10-9(12)3-4-16-10/h3-4,13H,5-6H2,1-2H3. The van der Waals surface area contributed by atoms with Crippen LogP contribution in [0.1, 0.15) is 22.2 Å². The number of nitrogens with one attached hydrogen (secondary N) is 1. The third-order valence-electron chi connectivity index (χ3n) is 2.33. The molecule has 0 amide bonds. The van der Waals surface area contributed by atoms with E-state index in [0.29, 0.717) is 6.54 Å². The van der Waals surface area contributed by atoms with Crippen LogP contribution in [0.15, 0.2) is 20.3 Å². The second-order valence-electron chi connectivity index (χ2n) is 3.54. The number of thiophene rings is 1. The first-order valence-corrected chi connectivity index (χ1v) is 6.69. The van der Waals surface area contributed by atoms with Gasteiger partial charge in [0.05, 0.1) is 12.2 Å². The first kappa shape index (κ1) is 11.8. The summed E-state index contributed by atoms with van der Waals surface area (Å²) in [6.45, 7) is 5.39. The lowest BCUT2D eigenvalue weighted by atomic mass is 10.4. The molecule has 0 unspecified atom stereocenters. The summed E-state index contributed by atoms with van der Waals surface area (Å²) < 4.78 is 6.64. The highest BCUT2D eigenvalue weighted by molar-refractivity contribution is 9.10. The van der Waals surface area contributed by atoms with E-state index in [1.54, 1.807) is 11.3 Å². The van der Waals surface area contributed by atoms with Gasteiger partial charge in [0.15, 0.2) is 0 Å². The number of oxazole rings is 1. The van der Waals surface area contributed by atoms with Crippen molar-refractivity contribution in [1.29, 1.82) is 0 Å². The van der Waals surface area contributed by atoms with Gasteiger partial charge >= 0.3 is 0 Å². The lowest BCUT2D eigenvalue weighted by molar-refractivity contribution is 0.449. The molecule has 2 aromatic rings. The van der Waals surface area contributed by atoms with Crippen molar-refractivity contribution in [2.24, 2.45) is 0 Å². The number of aromatic nitrogens is 1. The molecule has 0 atom stereocenters. The maximum absolute atomic E-state index is 5.48. The van der Waals surface area contributed by atoms with E-state index in [2.05, 4.69) is 37.7 Å². The second kappa shape index (κ2) is 5.12. The number of halogens is 1. The normalized spacial score (nSPS) is 10.9. The van der Waals surface area contributed by atoms with E-state index in [0.717, 1.165) is 28.4 Å². The molecule has 0 aliphatic carbocycles. The first-order valence-electron chi connectivity index (χ1n) is 5.02. The highest BCUT2D eigenvalue weighted by Crippen LogP contribution is 2.22. The van der Waals surface area contributed by atoms with Gasteiger partial charge in [-0.15, -0.1) is 11.3 Å². The van der Waals surface area contributed by atoms with Crippen molar-refractivity contribution >= 4 is 27.3 Å². The molecule has 0 bridgehead atoms. The van der Waals surface area contributed by atoms with Crippen molar-refractivity contribution < 1.29 is 4.42 Å². The van der Waals surface area contributed by atoms with Crippen molar-refractivity contribution in [3.63, 3.8) is 0 Å². The molecule has 3 nitrogen and oxygen atoms in total. The third-order valence-corrected chi connectivity index (χ3v) is 4.25. The van der Waals surface area contributed by atoms with E-state index in [4.69, 9.17) is 4.42 Å². The van der Waals surface area contributed by atoms with Crippen LogP contribution in [0.2, 0.25) is 0 Å². The maximum Gasteiger partial charge on any atom is 0.208 e. The number of hydrogen-bond acceptors (Lipinski definition) is 4. The Labute approximate surface area is 107 Å². The van der Waals surface area contributed by atoms with Crippen molar-refractivity contribution in [2.45, 2.75) is 26.9 Å². The second-order valence-corrected chi connectivity index (χ2v) is 5.40. The van der Waals surface area contributed by atoms with Gasteiger partial charge in [-0.3, -0.25) is 0 Å². The van der Waals surface area contributed by atoms with Crippen molar-refractivity contribution in [1.82, 2.24) is 10.3 Å². The lowest BCUT2D eigenvalue weighted by Gasteiger charge is -2.00. The quantitative estimate of drug-likeness (QED) is 0.940. The summed E-state index contributed by atoms with van der Waals surface area (Å²) in [6.07, 6.45) is 0. The predicted octanol–water partition coefficient (Wildman–Crippen LogP) is 3.41. The molecule has 16 heavy (non-hydrogen) atoms. The Bertz CT molecular complexity index is 459. The van der Waals surface area contributed by atoms with Crippen LogP contribution >= 0.6 is 27.3 Å². The molecule has 0 aliphatic heterocycles. The van der Waals surface area contributed by atoms with Gasteiger partial charge in [-0.2, -0.15) is 0 Å². The molecule has 86 valence electrons. The van der Waals surface area contributed by atoms with Crippen LogP contribution in [0.25, 0.3) is 0 Å². The molecule has 0 saturated heterocycles. The molecule has 0 saturated carbocycles. The van der Waals surface area contributed by atoms with Crippen molar-refractivity contribution in [3.05, 3.63) is 38.1 Å². The molecule has 2 aromatic heterocycles. The minimum Gasteiger partial charge on any atom is -0.444 e. The zero-order valence-corrected chi connectivity index (χ0v) is 11.6. The van der Waals surface area contributed by atoms with Gasteiger partial charge < -0.3 is 9.73 Å². The molecular formula is C11H13BrN2OS. The summed E-state index contributed by atoms with van der Waals surface area (Å²) in [5.74, 6) is 1.65. The van der Waals surface area contributed by atoms with Gasteiger partial charge in [0.1, 0.15) is 5.76 Å². The summed E-state index contributed by atoms with van der Waals surface area (Å²) in [5, 5.41) is 5.38. The Morgan fingerprint density at radius 1 is 1.44 bits per heavy atom. The first-order chi connectivity index (χ1) is 7.66. The molecule has 5 heteroatoms. The van der Waals surface area contributed by atoms with Crippen LogP contribution < -0.4 is 5.32 Å². The SMILES string of the molecule is Cc1nc(CNCc2sccc2Br)oc1C. The molecule has 1 N–H and O–H groups in total. The van der Waals surface area contributed by atoms with Gasteiger partial charge in [-0.25, -0.2) is 4.98 Å². The fourth-order valence-electron chi connectivity index (χ4n) is 1.35. The van der Waals surface area contributed by atoms with Gasteiger partial charge in [-0.05, 0) is 41.2 Å². The molecule has 2 rings (SSSR count). The smallest absolute Gasteiger partial charge is 0.208 e. The van der Waals surface area contributed by atoms with Gasteiger partial charge in [-0.1, -0.05) is 0 Å². The predicted molar refractivity (Wildman–Crippen MR) is 68.5 cm³/mol. The van der Waals surface area contributed by atoms with Crippen molar-refractivity contribution in [3.8, 4) is 0 Å². The monoisotopic (exact) mass is 300 g/mol. The van der Waals surface area contributed by atoms with Gasteiger partial charge in [0.25, 0.3) is 0 Å². The summed E-state index contributed by atoms with van der Waals surface area (Å²) in [6, 6.07) is 2.06. The number of nitrogens with zero attached hydrogens (tertiary/aromatic N) is 1. The molecule has 0 aliphatic rings. The van der Waals surface area contributed by atoms with E-state index < -0.39 is 0 Å². The summed E-state index contributed by atoms with van der Waals surface area (Å²) in [4.78, 5) is 5.61. The average Bonchev–Trinajstić information content (AvgIpc) is 2.76. The van der Waals surface area contributed by atoms with Crippen LogP contribution in [0.4, 0.5) is 0 Å². The zero-order valence-electron chi connectivity index (χ0n) is 9.21. The number of aryl methyl sites for hydroxylation is 2. The largest absolute Gasteiger partial charge is 0.444 e. The van der Waals surface area contributed by atoms with E-state index in [9.17, 15) is 0 Å². The fourth-order valence-corrected chi connectivity index (χ4v) is 2.81. The van der Waals surface area contributed by atoms with E-state index in [-0.39, 0.29) is 0 Å². The molecule has 0 aromatic carbocycles. The minimum absolute atomic E-state index is 0.666. The third kappa shape index (κ3) is 2.72. The van der Waals surface area contributed by atoms with Crippen molar-refractivity contribution in [2.75, 3.05) is 0 Å². The average molecular weight is 301 g/mol. The van der Waals surface area contributed by atoms with Crippen LogP contribution in [0.3, 0.4) is 0 Å². The van der Waals surface area contributed by atoms with Crippen LogP contribution in [0, 0.1) is 13.8 Å². The van der Waals surface area contributed by atoms with Crippen LogP contribution in [-0.2, 0) is 13.1 Å². The van der Waals surface area contributed by atoms with E-state index in [1.165, 1.54) is 4.88 Å². The van der Waals surface area contributed by atoms with Gasteiger partial charge in [0, 0.05) is 15.9 Å². The molecule has 0 spiro atoms. The lowest BCUT2D eigenvalue weighted by Crippen LogP contribution is -2.12. The summed E-state index contributed by atoms with van der Waals surface area (Å²) in [7, 11) is 0. The topological polar surface area (TPSA) is 38.1 Å². The Kier molecular flexibility index (Phi) is 3.78. The van der Waals surface area contributed by atoms with E-state index in [1.807, 2.05) is 13.8 Å². The number of rotatable bonds is 4. The molecule has 0 fully saturated rings. The maximum atomic E-state index is 5.48. The highest BCUT2D eigenvalue weighted by atomic mass is 79.9. The van der Waals surface area contributed by atoms with Gasteiger partial charge in [0.2, 0.25) is 5.89 Å². The Balaban J connectivity index is 1.87. The molecular weight excluding hydrogens is 288 g/mol. The zero-order chi connectivity index (χ0) is 11.5. The van der Waals surface area contributed by atoms with Crippen LogP contribution in [-0.4, -0.2) is 4.98 Å². The summed E-state index contributed by atoms with van der Waals surface area (Å²) in [5.41, 5.74) is 0.967. The Morgan fingerprint density at radius 2 is 2.25 bits per heavy atom. The van der Waals surface area contributed by atoms with Crippen LogP contribution in [0.5, 0.6) is 0 Å². The summed E-state index contributed by atoms with van der Waals surface area (Å²) >= 11 is 5.23. The molecule has 2 heterocycles. The highest BCUT2D eigenvalue weighted by Gasteiger charge is 2.05. The minimum atomic E-state index is 0.666.